The topological polar surface area (TPSA) is 107 Å². The molecule has 1 amide bonds. The second-order valence-corrected chi connectivity index (χ2v) is 8.70. The van der Waals surface area contributed by atoms with Crippen LogP contribution in [0, 0.1) is 5.92 Å². The summed E-state index contributed by atoms with van der Waals surface area (Å²) in [4.78, 5) is 35.0. The minimum Gasteiger partial charge on any atom is -0.480 e. The molecule has 8 heteroatoms. The van der Waals surface area contributed by atoms with E-state index in [1.807, 2.05) is 0 Å². The minimum absolute atomic E-state index is 0.228. The molecule has 0 aromatic carbocycles. The Labute approximate surface area is 188 Å². The van der Waals surface area contributed by atoms with Crippen molar-refractivity contribution in [1.82, 2.24) is 20.2 Å². The number of pyridine rings is 2. The first-order valence-electron chi connectivity index (χ1n) is 11.5. The number of carbonyl (C=O) groups is 2. The van der Waals surface area contributed by atoms with Gasteiger partial charge >= 0.3 is 5.97 Å². The van der Waals surface area contributed by atoms with Gasteiger partial charge in [-0.05, 0) is 74.8 Å². The molecule has 0 radical (unpaired) electrons. The zero-order valence-electron chi connectivity index (χ0n) is 18.3. The van der Waals surface area contributed by atoms with Crippen LogP contribution in [0.15, 0.2) is 36.5 Å². The lowest BCUT2D eigenvalue weighted by atomic mass is 10.00. The smallest absolute Gasteiger partial charge is 0.326 e. The Morgan fingerprint density at radius 2 is 2.19 bits per heavy atom. The first kappa shape index (κ1) is 22.2. The van der Waals surface area contributed by atoms with Crippen LogP contribution in [0.5, 0.6) is 0 Å². The quantitative estimate of drug-likeness (QED) is 0.553. The Kier molecular flexibility index (Phi) is 7.32. The maximum atomic E-state index is 12.3. The van der Waals surface area contributed by atoms with Crippen LogP contribution in [0.25, 0.3) is 0 Å². The van der Waals surface area contributed by atoms with Gasteiger partial charge in [-0.15, -0.1) is 0 Å². The van der Waals surface area contributed by atoms with E-state index in [1.54, 1.807) is 18.2 Å². The Morgan fingerprint density at radius 1 is 1.28 bits per heavy atom. The maximum absolute atomic E-state index is 12.3. The minimum atomic E-state index is -1.02. The Bertz CT molecular complexity index is 936. The van der Waals surface area contributed by atoms with Crippen molar-refractivity contribution in [2.24, 2.45) is 5.92 Å². The van der Waals surface area contributed by atoms with Crippen molar-refractivity contribution in [1.29, 1.82) is 0 Å². The highest BCUT2D eigenvalue weighted by Crippen LogP contribution is 2.24. The highest BCUT2D eigenvalue weighted by molar-refractivity contribution is 5.94. The molecule has 2 aliphatic rings. The number of anilines is 1. The molecule has 2 aromatic rings. The van der Waals surface area contributed by atoms with Crippen LogP contribution in [-0.4, -0.2) is 64.1 Å². The highest BCUT2D eigenvalue weighted by Gasteiger charge is 2.26. The largest absolute Gasteiger partial charge is 0.480 e. The van der Waals surface area contributed by atoms with Gasteiger partial charge in [-0.2, -0.15) is 0 Å². The fourth-order valence-electron chi connectivity index (χ4n) is 4.51. The zero-order valence-corrected chi connectivity index (χ0v) is 18.3. The van der Waals surface area contributed by atoms with Gasteiger partial charge in [-0.1, -0.05) is 12.1 Å². The lowest BCUT2D eigenvalue weighted by molar-refractivity contribution is -0.139. The number of nitrogens with zero attached hydrogens (tertiary/aromatic N) is 3. The van der Waals surface area contributed by atoms with E-state index in [-0.39, 0.29) is 5.69 Å². The van der Waals surface area contributed by atoms with Crippen LogP contribution in [0.3, 0.4) is 0 Å². The van der Waals surface area contributed by atoms with Crippen molar-refractivity contribution in [3.8, 4) is 0 Å². The summed E-state index contributed by atoms with van der Waals surface area (Å²) in [6, 6.07) is 8.44. The molecular formula is C24H31N5O3. The summed E-state index contributed by atoms with van der Waals surface area (Å²) < 4.78 is 0. The molecule has 2 aromatic heterocycles. The van der Waals surface area contributed by atoms with Gasteiger partial charge in [0.05, 0.1) is 0 Å². The van der Waals surface area contributed by atoms with Gasteiger partial charge in [0.15, 0.2) is 0 Å². The fourth-order valence-corrected chi connectivity index (χ4v) is 4.51. The van der Waals surface area contributed by atoms with Crippen LogP contribution in [-0.2, 0) is 17.6 Å². The van der Waals surface area contributed by atoms with Gasteiger partial charge in [-0.25, -0.2) is 9.78 Å². The zero-order chi connectivity index (χ0) is 22.3. The third-order valence-corrected chi connectivity index (χ3v) is 6.37. The van der Waals surface area contributed by atoms with Crippen LogP contribution in [0.1, 0.15) is 47.4 Å². The van der Waals surface area contributed by atoms with E-state index in [0.717, 1.165) is 56.8 Å². The van der Waals surface area contributed by atoms with Crippen molar-refractivity contribution < 1.29 is 14.7 Å². The number of carboxylic acid groups (broad SMARTS) is 1. The van der Waals surface area contributed by atoms with Gasteiger partial charge in [0.2, 0.25) is 0 Å². The fraction of sp³-hybridized carbons (Fsp3) is 0.500. The molecule has 1 saturated heterocycles. The molecule has 1 unspecified atom stereocenters. The van der Waals surface area contributed by atoms with Gasteiger partial charge in [0.25, 0.3) is 5.91 Å². The predicted octanol–water partition coefficient (Wildman–Crippen LogP) is 2.36. The monoisotopic (exact) mass is 437 g/mol. The number of fused-ring (bicyclic) bond motifs is 1. The van der Waals surface area contributed by atoms with Gasteiger partial charge < -0.3 is 20.6 Å². The summed E-state index contributed by atoms with van der Waals surface area (Å²) in [6.07, 6.45) is 7.33. The summed E-state index contributed by atoms with van der Waals surface area (Å²) in [5.41, 5.74) is 2.68. The third kappa shape index (κ3) is 5.82. The molecule has 0 aliphatic carbocycles. The predicted molar refractivity (Wildman–Crippen MR) is 122 cm³/mol. The van der Waals surface area contributed by atoms with Crippen molar-refractivity contribution >= 4 is 17.7 Å². The van der Waals surface area contributed by atoms with Gasteiger partial charge in [0, 0.05) is 31.5 Å². The van der Waals surface area contributed by atoms with Crippen molar-refractivity contribution in [2.75, 3.05) is 31.5 Å². The number of aromatic nitrogens is 2. The molecule has 0 bridgehead atoms. The highest BCUT2D eigenvalue weighted by atomic mass is 16.4. The normalized spacial score (nSPS) is 19.1. The average molecular weight is 438 g/mol. The average Bonchev–Trinajstić information content (AvgIpc) is 3.28. The number of nitrogens with one attached hydrogen (secondary N) is 2. The second-order valence-electron chi connectivity index (χ2n) is 8.70. The van der Waals surface area contributed by atoms with E-state index in [9.17, 15) is 14.7 Å². The molecule has 0 saturated carbocycles. The molecule has 3 N–H and O–H groups in total. The summed E-state index contributed by atoms with van der Waals surface area (Å²) in [5.74, 6) is 0.169. The van der Waals surface area contributed by atoms with Gasteiger partial charge in [0.1, 0.15) is 17.6 Å². The maximum Gasteiger partial charge on any atom is 0.326 e. The summed E-state index contributed by atoms with van der Waals surface area (Å²) in [5, 5.41) is 15.5. The Morgan fingerprint density at radius 3 is 3.00 bits per heavy atom. The lowest BCUT2D eigenvalue weighted by Gasteiger charge is -2.20. The van der Waals surface area contributed by atoms with E-state index < -0.39 is 17.9 Å². The SMILES string of the molecule is O=C(NC(CCN1CC[C@H](CCc2ccc3c(n2)NCCC3)C1)C(=O)O)c1ccccn1. The molecule has 1 fully saturated rings. The molecule has 32 heavy (non-hydrogen) atoms. The Hall–Kier alpha value is -3.00. The third-order valence-electron chi connectivity index (χ3n) is 6.37. The van der Waals surface area contributed by atoms with E-state index in [2.05, 4.69) is 32.7 Å². The van der Waals surface area contributed by atoms with E-state index in [4.69, 9.17) is 4.98 Å². The number of hydrogen-bond acceptors (Lipinski definition) is 6. The molecule has 2 aliphatic heterocycles. The molecule has 4 heterocycles. The van der Waals surface area contributed by atoms with Crippen molar-refractivity contribution in [3.05, 3.63) is 53.5 Å². The van der Waals surface area contributed by atoms with Crippen LogP contribution in [0.4, 0.5) is 5.82 Å². The van der Waals surface area contributed by atoms with Crippen LogP contribution < -0.4 is 10.6 Å². The molecule has 8 nitrogen and oxygen atoms in total. The number of amides is 1. The van der Waals surface area contributed by atoms with Crippen molar-refractivity contribution in [3.63, 3.8) is 0 Å². The van der Waals surface area contributed by atoms with Crippen LogP contribution >= 0.6 is 0 Å². The Balaban J connectivity index is 1.22. The number of aliphatic carboxylic acids is 1. The van der Waals surface area contributed by atoms with E-state index >= 15 is 0 Å². The van der Waals surface area contributed by atoms with Gasteiger partial charge in [-0.3, -0.25) is 9.78 Å². The number of hydrogen-bond donors (Lipinski definition) is 3. The van der Waals surface area contributed by atoms with Crippen molar-refractivity contribution in [2.45, 2.75) is 44.6 Å². The first-order chi connectivity index (χ1) is 15.6. The molecule has 0 spiro atoms. The lowest BCUT2D eigenvalue weighted by Crippen LogP contribution is -2.43. The molecule has 2 atom stereocenters. The number of aryl methyl sites for hydroxylation is 2. The summed E-state index contributed by atoms with van der Waals surface area (Å²) in [6.45, 7) is 3.58. The van der Waals surface area contributed by atoms with Crippen LogP contribution in [0.2, 0.25) is 0 Å². The molecule has 4 rings (SSSR count). The number of rotatable bonds is 9. The van der Waals surface area contributed by atoms with E-state index in [0.29, 0.717) is 18.9 Å². The van der Waals surface area contributed by atoms with E-state index in [1.165, 1.54) is 18.2 Å². The standard InChI is InChI=1S/C24H31N5O3/c30-23(20-5-1-2-12-25-20)28-21(24(31)32)11-15-29-14-10-17(16-29)6-8-19-9-7-18-4-3-13-26-22(18)27-19/h1-2,5,7,9,12,17,21H,3-4,6,8,10-11,13-16H2,(H,26,27)(H,28,30)(H,31,32)/t17-,21?/m0/s1. The summed E-state index contributed by atoms with van der Waals surface area (Å²) in [7, 11) is 0. The number of carboxylic acids is 1. The number of likely N-dealkylation sites (tertiary alicyclic amines) is 1. The second kappa shape index (κ2) is 10.5. The number of carbonyl (C=O) groups excluding carboxylic acids is 1. The first-order valence-corrected chi connectivity index (χ1v) is 11.5. The molecule has 170 valence electrons. The summed E-state index contributed by atoms with van der Waals surface area (Å²) >= 11 is 0. The molecular weight excluding hydrogens is 406 g/mol.